The van der Waals surface area contributed by atoms with E-state index >= 15 is 0 Å². The molecule has 0 bridgehead atoms. The van der Waals surface area contributed by atoms with Crippen molar-refractivity contribution >= 4 is 11.5 Å². The lowest BCUT2D eigenvalue weighted by atomic mass is 9.71. The first kappa shape index (κ1) is 15.2. The van der Waals surface area contributed by atoms with Gasteiger partial charge in [0, 0.05) is 17.7 Å². The second-order valence-electron chi connectivity index (χ2n) is 7.32. The number of hydrogen-bond donors (Lipinski definition) is 1. The Morgan fingerprint density at radius 2 is 2.12 bits per heavy atom. The van der Waals surface area contributed by atoms with Crippen LogP contribution in [0.15, 0.2) is 18.5 Å². The fourth-order valence-electron chi connectivity index (χ4n) is 4.15. The number of nitrogen functional groups attached to an aromatic ring is 1. The highest BCUT2D eigenvalue weighted by atomic mass is 16.5. The zero-order chi connectivity index (χ0) is 16.9. The minimum absolute atomic E-state index is 0.0991. The fourth-order valence-corrected chi connectivity index (χ4v) is 4.15. The van der Waals surface area contributed by atoms with E-state index in [2.05, 4.69) is 47.8 Å². The minimum Gasteiger partial charge on any atom is -0.490 e. The van der Waals surface area contributed by atoms with Gasteiger partial charge in [0.2, 0.25) is 0 Å². The maximum Gasteiger partial charge on any atom is 0.143 e. The van der Waals surface area contributed by atoms with Gasteiger partial charge in [-0.05, 0) is 36.0 Å². The van der Waals surface area contributed by atoms with Crippen LogP contribution in [0.1, 0.15) is 38.3 Å². The quantitative estimate of drug-likeness (QED) is 0.919. The Kier molecular flexibility index (Phi) is 3.41. The largest absolute Gasteiger partial charge is 0.490 e. The predicted molar refractivity (Wildman–Crippen MR) is 96.6 cm³/mol. The van der Waals surface area contributed by atoms with Gasteiger partial charge in [-0.15, -0.1) is 0 Å². The van der Waals surface area contributed by atoms with Crippen molar-refractivity contribution in [2.75, 3.05) is 30.3 Å². The number of aromatic nitrogens is 2. The van der Waals surface area contributed by atoms with Gasteiger partial charge in [-0.25, -0.2) is 9.97 Å². The Hall–Kier alpha value is -2.30. The normalized spacial score (nSPS) is 17.5. The summed E-state index contributed by atoms with van der Waals surface area (Å²) in [5, 5.41) is 0. The van der Waals surface area contributed by atoms with E-state index in [4.69, 9.17) is 10.5 Å². The number of nitrogens with two attached hydrogens (primary N) is 1. The standard InChI is InChI=1S/C19H24N4O/c1-4-7-23-8-9-24-14-6-5-12-13(17(14)23)10-19(2,3)15-16(12)21-11-22-18(15)20/h5-6,11H,4,7-10H2,1-3H3,(H2,20,21,22). The van der Waals surface area contributed by atoms with E-state index < -0.39 is 0 Å². The first-order chi connectivity index (χ1) is 11.5. The van der Waals surface area contributed by atoms with Crippen LogP contribution in [0.5, 0.6) is 5.75 Å². The molecular formula is C19H24N4O. The van der Waals surface area contributed by atoms with Crippen LogP contribution in [0.2, 0.25) is 0 Å². The first-order valence-corrected chi connectivity index (χ1v) is 8.68. The molecule has 0 fully saturated rings. The molecule has 0 saturated carbocycles. The van der Waals surface area contributed by atoms with Crippen molar-refractivity contribution in [3.05, 3.63) is 29.6 Å². The molecule has 5 heteroatoms. The topological polar surface area (TPSA) is 64.3 Å². The van der Waals surface area contributed by atoms with Crippen LogP contribution in [0.3, 0.4) is 0 Å². The summed E-state index contributed by atoms with van der Waals surface area (Å²) < 4.78 is 5.95. The molecule has 0 saturated heterocycles. The molecule has 5 nitrogen and oxygen atoms in total. The minimum atomic E-state index is -0.0991. The molecule has 0 spiro atoms. The van der Waals surface area contributed by atoms with Crippen molar-refractivity contribution in [1.82, 2.24) is 9.97 Å². The van der Waals surface area contributed by atoms with Crippen LogP contribution in [-0.2, 0) is 11.8 Å². The third-order valence-corrected chi connectivity index (χ3v) is 5.10. The molecule has 4 rings (SSSR count). The van der Waals surface area contributed by atoms with Crippen molar-refractivity contribution in [2.24, 2.45) is 0 Å². The molecule has 0 amide bonds. The summed E-state index contributed by atoms with van der Waals surface area (Å²) in [6.07, 6.45) is 3.61. The SMILES string of the molecule is CCCN1CCOc2ccc3c(c21)CC(C)(C)c1c(N)ncnc1-3. The van der Waals surface area contributed by atoms with Gasteiger partial charge in [0.25, 0.3) is 0 Å². The van der Waals surface area contributed by atoms with E-state index in [0.29, 0.717) is 5.82 Å². The summed E-state index contributed by atoms with van der Waals surface area (Å²) in [4.78, 5) is 11.3. The Morgan fingerprint density at radius 3 is 2.92 bits per heavy atom. The maximum atomic E-state index is 6.20. The highest BCUT2D eigenvalue weighted by Gasteiger charge is 2.37. The van der Waals surface area contributed by atoms with Gasteiger partial charge in [0.05, 0.1) is 17.9 Å². The van der Waals surface area contributed by atoms with Crippen LogP contribution in [0.4, 0.5) is 11.5 Å². The van der Waals surface area contributed by atoms with E-state index in [1.165, 1.54) is 16.8 Å². The van der Waals surface area contributed by atoms with Crippen LogP contribution in [-0.4, -0.2) is 29.7 Å². The molecule has 1 aromatic carbocycles. The van der Waals surface area contributed by atoms with Gasteiger partial charge in [-0.2, -0.15) is 0 Å². The summed E-state index contributed by atoms with van der Waals surface area (Å²) in [7, 11) is 0. The molecule has 1 aliphatic heterocycles. The van der Waals surface area contributed by atoms with Crippen LogP contribution >= 0.6 is 0 Å². The number of hydrogen-bond acceptors (Lipinski definition) is 5. The number of ether oxygens (including phenoxy) is 1. The highest BCUT2D eigenvalue weighted by Crippen LogP contribution is 2.49. The van der Waals surface area contributed by atoms with Crippen molar-refractivity contribution in [2.45, 2.75) is 39.0 Å². The van der Waals surface area contributed by atoms with E-state index in [9.17, 15) is 0 Å². The fraction of sp³-hybridized carbons (Fsp3) is 0.474. The molecule has 2 heterocycles. The van der Waals surface area contributed by atoms with Gasteiger partial charge >= 0.3 is 0 Å². The Balaban J connectivity index is 1.98. The molecule has 0 atom stereocenters. The van der Waals surface area contributed by atoms with Crippen molar-refractivity contribution in [1.29, 1.82) is 0 Å². The first-order valence-electron chi connectivity index (χ1n) is 8.68. The highest BCUT2D eigenvalue weighted by molar-refractivity contribution is 5.83. The lowest BCUT2D eigenvalue weighted by Gasteiger charge is -2.39. The molecule has 2 N–H and O–H groups in total. The lowest BCUT2D eigenvalue weighted by molar-refractivity contribution is 0.306. The number of rotatable bonds is 2. The summed E-state index contributed by atoms with van der Waals surface area (Å²) in [6, 6.07) is 4.21. The molecule has 24 heavy (non-hydrogen) atoms. The van der Waals surface area contributed by atoms with Gasteiger partial charge in [-0.1, -0.05) is 20.8 Å². The molecule has 1 aromatic heterocycles. The Labute approximate surface area is 142 Å². The Morgan fingerprint density at radius 1 is 1.29 bits per heavy atom. The average molecular weight is 324 g/mol. The molecule has 2 aromatic rings. The average Bonchev–Trinajstić information content (AvgIpc) is 2.54. The predicted octanol–water partition coefficient (Wildman–Crippen LogP) is 3.17. The van der Waals surface area contributed by atoms with E-state index in [1.807, 2.05) is 0 Å². The third-order valence-electron chi connectivity index (χ3n) is 5.10. The van der Waals surface area contributed by atoms with E-state index in [1.54, 1.807) is 6.33 Å². The van der Waals surface area contributed by atoms with E-state index in [-0.39, 0.29) is 5.41 Å². The van der Waals surface area contributed by atoms with Gasteiger partial charge in [0.15, 0.2) is 0 Å². The molecule has 0 radical (unpaired) electrons. The van der Waals surface area contributed by atoms with Crippen molar-refractivity contribution in [3.8, 4) is 17.0 Å². The second kappa shape index (κ2) is 5.36. The number of anilines is 2. The molecule has 2 aliphatic rings. The molecule has 0 unspecified atom stereocenters. The summed E-state index contributed by atoms with van der Waals surface area (Å²) >= 11 is 0. The van der Waals surface area contributed by atoms with Gasteiger partial charge < -0.3 is 15.4 Å². The van der Waals surface area contributed by atoms with Crippen LogP contribution < -0.4 is 15.4 Å². The maximum absolute atomic E-state index is 6.20. The van der Waals surface area contributed by atoms with Gasteiger partial charge in [0.1, 0.15) is 24.5 Å². The van der Waals surface area contributed by atoms with Crippen LogP contribution in [0, 0.1) is 0 Å². The summed E-state index contributed by atoms with van der Waals surface area (Å²) in [6.45, 7) is 9.41. The van der Waals surface area contributed by atoms with Crippen molar-refractivity contribution < 1.29 is 4.74 Å². The number of nitrogens with zero attached hydrogens (tertiary/aromatic N) is 3. The van der Waals surface area contributed by atoms with Crippen molar-refractivity contribution in [3.63, 3.8) is 0 Å². The van der Waals surface area contributed by atoms with E-state index in [0.717, 1.165) is 49.5 Å². The smallest absolute Gasteiger partial charge is 0.143 e. The van der Waals surface area contributed by atoms with Crippen LogP contribution in [0.25, 0.3) is 11.3 Å². The molecular weight excluding hydrogens is 300 g/mol. The zero-order valence-corrected chi connectivity index (χ0v) is 14.6. The monoisotopic (exact) mass is 324 g/mol. The third kappa shape index (κ3) is 2.14. The number of benzene rings is 1. The molecule has 1 aliphatic carbocycles. The van der Waals surface area contributed by atoms with Gasteiger partial charge in [-0.3, -0.25) is 0 Å². The summed E-state index contributed by atoms with van der Waals surface area (Å²) in [5.74, 6) is 1.59. The number of fused-ring (bicyclic) bond motifs is 5. The Bertz CT molecular complexity index is 800. The zero-order valence-electron chi connectivity index (χ0n) is 14.6. The lowest BCUT2D eigenvalue weighted by Crippen LogP contribution is -2.36. The molecule has 126 valence electrons. The summed E-state index contributed by atoms with van der Waals surface area (Å²) in [5.41, 5.74) is 11.9. The second-order valence-corrected chi connectivity index (χ2v) is 7.32.